The van der Waals surface area contributed by atoms with Gasteiger partial charge >= 0.3 is 6.18 Å². The monoisotopic (exact) mass is 482 g/mol. The maximum Gasteiger partial charge on any atom is 0.389 e. The van der Waals surface area contributed by atoms with Gasteiger partial charge in [-0.15, -0.1) is 10.2 Å². The lowest BCUT2D eigenvalue weighted by atomic mass is 9.77. The highest BCUT2D eigenvalue weighted by molar-refractivity contribution is 6.29. The fourth-order valence-corrected chi connectivity index (χ4v) is 4.76. The van der Waals surface area contributed by atoms with Crippen molar-refractivity contribution in [3.8, 4) is 0 Å². The van der Waals surface area contributed by atoms with E-state index in [1.54, 1.807) is 25.2 Å². The van der Waals surface area contributed by atoms with Crippen LogP contribution in [-0.4, -0.2) is 45.7 Å². The third kappa shape index (κ3) is 3.86. The molecule has 0 saturated carbocycles. The van der Waals surface area contributed by atoms with Crippen molar-refractivity contribution in [1.29, 1.82) is 0 Å². The lowest BCUT2D eigenvalue weighted by molar-refractivity contribution is -0.134. The van der Waals surface area contributed by atoms with Crippen LogP contribution in [0, 0.1) is 6.92 Å². The number of rotatable bonds is 4. The Bertz CT molecular complexity index is 1350. The van der Waals surface area contributed by atoms with Crippen molar-refractivity contribution in [2.24, 2.45) is 0 Å². The third-order valence-corrected chi connectivity index (χ3v) is 6.52. The van der Waals surface area contributed by atoms with Gasteiger partial charge < -0.3 is 10.2 Å². The van der Waals surface area contributed by atoms with Crippen LogP contribution in [0.25, 0.3) is 11.1 Å². The summed E-state index contributed by atoms with van der Waals surface area (Å²) in [4.78, 5) is 28.4. The Hall–Kier alpha value is -4.02. The predicted molar refractivity (Wildman–Crippen MR) is 121 cm³/mol. The Kier molecular flexibility index (Phi) is 5.22. The molecule has 2 N–H and O–H groups in total. The van der Waals surface area contributed by atoms with E-state index in [4.69, 9.17) is 0 Å². The number of hydrogen-bond donors (Lipinski definition) is 2. The van der Waals surface area contributed by atoms with E-state index in [9.17, 15) is 22.8 Å². The quantitative estimate of drug-likeness (QED) is 0.594. The summed E-state index contributed by atoms with van der Waals surface area (Å²) < 4.78 is 38.2. The largest absolute Gasteiger partial charge is 0.389 e. The number of hydrogen-bond acceptors (Lipinski definition) is 5. The summed E-state index contributed by atoms with van der Waals surface area (Å²) in [6, 6.07) is 12.3. The number of nitrogens with zero attached hydrogens (tertiary/aromatic N) is 4. The average Bonchev–Trinajstić information content (AvgIpc) is 3.41. The lowest BCUT2D eigenvalue weighted by Crippen LogP contribution is -2.55. The SMILES string of the molecule is Cc1ccc(C2=C(c3nn[nH]n3)C(=O)NC3(C2)C(=O)N(C)c2cc(CCC(F)(F)F)ccc23)cc1. The molecule has 1 unspecified atom stereocenters. The number of carbonyl (C=O) groups is 2. The van der Waals surface area contributed by atoms with Crippen molar-refractivity contribution < 1.29 is 22.8 Å². The van der Waals surface area contributed by atoms with Gasteiger partial charge in [-0.3, -0.25) is 9.59 Å². The van der Waals surface area contributed by atoms with E-state index in [2.05, 4.69) is 25.9 Å². The summed E-state index contributed by atoms with van der Waals surface area (Å²) in [6.07, 6.45) is -5.32. The number of aryl methyl sites for hydroxylation is 2. The molecule has 11 heteroatoms. The molecule has 8 nitrogen and oxygen atoms in total. The van der Waals surface area contributed by atoms with Crippen LogP contribution in [0.3, 0.4) is 0 Å². The zero-order valence-electron chi connectivity index (χ0n) is 18.9. The third-order valence-electron chi connectivity index (χ3n) is 6.52. The normalized spacial score (nSPS) is 20.0. The maximum atomic E-state index is 13.6. The number of H-pyrrole nitrogens is 1. The average molecular weight is 482 g/mol. The van der Waals surface area contributed by atoms with Gasteiger partial charge in [0.2, 0.25) is 5.82 Å². The molecular weight excluding hydrogens is 461 g/mol. The first-order valence-electron chi connectivity index (χ1n) is 10.9. The Labute approximate surface area is 198 Å². The minimum atomic E-state index is -4.28. The van der Waals surface area contributed by atoms with Crippen LogP contribution in [0.15, 0.2) is 42.5 Å². The molecule has 0 aliphatic carbocycles. The van der Waals surface area contributed by atoms with E-state index in [1.165, 1.54) is 4.90 Å². The number of fused-ring (bicyclic) bond motifs is 2. The molecule has 0 fully saturated rings. The number of aromatic amines is 1. The number of benzene rings is 2. The van der Waals surface area contributed by atoms with Crippen LogP contribution in [0.1, 0.15) is 40.9 Å². The number of nitrogens with one attached hydrogen (secondary N) is 2. The summed E-state index contributed by atoms with van der Waals surface area (Å²) in [5, 5.41) is 16.7. The van der Waals surface area contributed by atoms with Crippen LogP contribution < -0.4 is 10.2 Å². The highest BCUT2D eigenvalue weighted by Crippen LogP contribution is 2.49. The number of aromatic nitrogens is 4. The zero-order valence-corrected chi connectivity index (χ0v) is 18.9. The molecule has 3 aromatic rings. The first-order valence-corrected chi connectivity index (χ1v) is 10.9. The van der Waals surface area contributed by atoms with E-state index in [0.29, 0.717) is 22.4 Å². The maximum absolute atomic E-state index is 13.6. The second kappa shape index (κ2) is 8.03. The molecule has 35 heavy (non-hydrogen) atoms. The Balaban J connectivity index is 1.62. The predicted octanol–water partition coefficient (Wildman–Crippen LogP) is 3.31. The zero-order chi connectivity index (χ0) is 25.0. The van der Waals surface area contributed by atoms with E-state index >= 15 is 0 Å². The second-order valence-corrected chi connectivity index (χ2v) is 8.82. The molecule has 2 aliphatic rings. The molecule has 3 heterocycles. The number of likely N-dealkylation sites (N-methyl/N-ethyl adjacent to an activating group) is 1. The number of tetrazole rings is 1. The first kappa shape index (κ1) is 22.8. The summed E-state index contributed by atoms with van der Waals surface area (Å²) in [7, 11) is 1.56. The van der Waals surface area contributed by atoms with Crippen LogP contribution in [-0.2, 0) is 21.5 Å². The number of carbonyl (C=O) groups excluding carboxylic acids is 2. The molecule has 5 rings (SSSR count). The highest BCUT2D eigenvalue weighted by Gasteiger charge is 2.54. The molecule has 1 atom stereocenters. The smallest absolute Gasteiger partial charge is 0.333 e. The molecule has 2 aromatic carbocycles. The summed E-state index contributed by atoms with van der Waals surface area (Å²) in [5.41, 5.74) is 2.60. The van der Waals surface area contributed by atoms with Gasteiger partial charge in [0.1, 0.15) is 0 Å². The van der Waals surface area contributed by atoms with Crippen molar-refractivity contribution in [2.45, 2.75) is 37.9 Å². The van der Waals surface area contributed by atoms with Crippen LogP contribution in [0.2, 0.25) is 0 Å². The summed E-state index contributed by atoms with van der Waals surface area (Å²) >= 11 is 0. The van der Waals surface area contributed by atoms with Crippen molar-refractivity contribution in [3.63, 3.8) is 0 Å². The lowest BCUT2D eigenvalue weighted by Gasteiger charge is -2.35. The fraction of sp³-hybridized carbons (Fsp3) is 0.292. The molecule has 2 amide bonds. The summed E-state index contributed by atoms with van der Waals surface area (Å²) in [6.45, 7) is 1.94. The molecule has 0 saturated heterocycles. The minimum Gasteiger partial charge on any atom is -0.333 e. The van der Waals surface area contributed by atoms with E-state index < -0.39 is 24.0 Å². The molecule has 180 valence electrons. The standard InChI is InChI=1S/C24H21F3N6O2/c1-13-3-6-15(7-4-13)16-12-23(28-21(34)19(16)20-29-31-32-30-20)17-8-5-14(9-10-24(25,26)27)11-18(17)33(2)22(23)35/h3-8,11H,9-10,12H2,1-2H3,(H,28,34)(H,29,30,31,32). The molecule has 0 bridgehead atoms. The van der Waals surface area contributed by atoms with Crippen molar-refractivity contribution >= 4 is 28.6 Å². The first-order chi connectivity index (χ1) is 16.6. The van der Waals surface area contributed by atoms with Gasteiger partial charge in [-0.05, 0) is 41.3 Å². The van der Waals surface area contributed by atoms with Crippen molar-refractivity contribution in [1.82, 2.24) is 25.9 Å². The molecular formula is C24H21F3N6O2. The highest BCUT2D eigenvalue weighted by atomic mass is 19.4. The van der Waals surface area contributed by atoms with E-state index in [-0.39, 0.29) is 30.1 Å². The number of anilines is 1. The number of halogens is 3. The van der Waals surface area contributed by atoms with Gasteiger partial charge in [-0.1, -0.05) is 42.0 Å². The molecule has 1 spiro atoms. The van der Waals surface area contributed by atoms with Gasteiger partial charge in [-0.2, -0.15) is 18.4 Å². The molecule has 0 radical (unpaired) electrons. The van der Waals surface area contributed by atoms with Crippen molar-refractivity contribution in [3.05, 3.63) is 70.5 Å². The molecule has 1 aromatic heterocycles. The second-order valence-electron chi connectivity index (χ2n) is 8.82. The number of amides is 2. The van der Waals surface area contributed by atoms with Crippen LogP contribution in [0.5, 0.6) is 0 Å². The minimum absolute atomic E-state index is 0.106. The Morgan fingerprint density at radius 3 is 2.51 bits per heavy atom. The van der Waals surface area contributed by atoms with E-state index in [1.807, 2.05) is 31.2 Å². The van der Waals surface area contributed by atoms with Gasteiger partial charge in [0.15, 0.2) is 5.54 Å². The van der Waals surface area contributed by atoms with E-state index in [0.717, 1.165) is 11.1 Å². The van der Waals surface area contributed by atoms with Crippen LogP contribution >= 0.6 is 0 Å². The fourth-order valence-electron chi connectivity index (χ4n) is 4.76. The topological polar surface area (TPSA) is 104 Å². The molecule has 2 aliphatic heterocycles. The Morgan fingerprint density at radius 2 is 1.86 bits per heavy atom. The number of alkyl halides is 3. The van der Waals surface area contributed by atoms with Gasteiger partial charge in [-0.25, -0.2) is 0 Å². The summed E-state index contributed by atoms with van der Waals surface area (Å²) in [5.74, 6) is -0.802. The van der Waals surface area contributed by atoms with Crippen molar-refractivity contribution in [2.75, 3.05) is 11.9 Å². The van der Waals surface area contributed by atoms with Gasteiger partial charge in [0.25, 0.3) is 11.8 Å². The van der Waals surface area contributed by atoms with Gasteiger partial charge in [0, 0.05) is 31.1 Å². The van der Waals surface area contributed by atoms with Gasteiger partial charge in [0.05, 0.1) is 5.57 Å². The Morgan fingerprint density at radius 1 is 1.11 bits per heavy atom. The van der Waals surface area contributed by atoms with Crippen LogP contribution in [0.4, 0.5) is 18.9 Å².